The topological polar surface area (TPSA) is 60.8 Å². The smallest absolute Gasteiger partial charge is 0.321 e. The minimum atomic E-state index is -0.180. The van der Waals surface area contributed by atoms with E-state index in [4.69, 9.17) is 0 Å². The van der Waals surface area contributed by atoms with Crippen LogP contribution in [0.25, 0.3) is 10.9 Å². The lowest BCUT2D eigenvalue weighted by atomic mass is 9.60. The molecule has 0 unspecified atom stereocenters. The summed E-state index contributed by atoms with van der Waals surface area (Å²) in [5.74, 6) is 0.821. The Kier molecular flexibility index (Phi) is 8.07. The van der Waals surface area contributed by atoms with E-state index in [1.165, 1.54) is 88.1 Å². The Morgan fingerprint density at radius 3 is 2.44 bits per heavy atom. The standard InChI is InChI=1S/C34H45N5O2/c1-26-22-30-31(38(16-7-21-40)33(41)35-2)10-6-11-32(30)39(26)29-23-34(24-29)14-19-36(20-15-34)25-27-12-17-37(18-13-27)28-8-4-3-5-9-28/h3-6,8-11,21-22,27,29H,7,12-20,23-25H2,1-2H3,(H,35,41). The Morgan fingerprint density at radius 2 is 1.76 bits per heavy atom. The summed E-state index contributed by atoms with van der Waals surface area (Å²) in [7, 11) is 1.64. The molecule has 7 nitrogen and oxygen atoms in total. The number of carbonyl (C=O) groups excluding carboxylic acids is 2. The molecular weight excluding hydrogens is 510 g/mol. The van der Waals surface area contributed by atoms with Gasteiger partial charge in [0, 0.05) is 62.5 Å². The first-order chi connectivity index (χ1) is 20.0. The molecule has 1 aliphatic carbocycles. The normalized spacial score (nSPS) is 19.8. The number of aromatic nitrogens is 1. The molecule has 3 aliphatic rings. The number of para-hydroxylation sites is 1. The number of amides is 2. The molecule has 6 rings (SSSR count). The van der Waals surface area contributed by atoms with E-state index in [1.54, 1.807) is 11.9 Å². The zero-order valence-electron chi connectivity index (χ0n) is 24.7. The number of nitrogens with zero attached hydrogens (tertiary/aromatic N) is 4. The van der Waals surface area contributed by atoms with Crippen molar-refractivity contribution in [3.8, 4) is 0 Å². The predicted octanol–water partition coefficient (Wildman–Crippen LogP) is 6.02. The second kappa shape index (κ2) is 11.9. The van der Waals surface area contributed by atoms with Gasteiger partial charge in [0.2, 0.25) is 0 Å². The molecule has 1 spiro atoms. The summed E-state index contributed by atoms with van der Waals surface area (Å²) in [5.41, 5.74) is 5.17. The van der Waals surface area contributed by atoms with Crippen molar-refractivity contribution in [2.75, 3.05) is 56.1 Å². The quantitative estimate of drug-likeness (QED) is 0.346. The molecule has 3 fully saturated rings. The minimum absolute atomic E-state index is 0.180. The fraction of sp³-hybridized carbons (Fsp3) is 0.529. The lowest BCUT2D eigenvalue weighted by molar-refractivity contribution is -0.107. The first kappa shape index (κ1) is 27.8. The summed E-state index contributed by atoms with van der Waals surface area (Å²) in [6.07, 6.45) is 8.90. The van der Waals surface area contributed by atoms with Crippen LogP contribution in [0.15, 0.2) is 54.6 Å². The van der Waals surface area contributed by atoms with Gasteiger partial charge in [0.15, 0.2) is 0 Å². The molecule has 3 aromatic rings. The number of nitrogens with one attached hydrogen (secondary N) is 1. The first-order valence-corrected chi connectivity index (χ1v) is 15.6. The van der Waals surface area contributed by atoms with E-state index in [2.05, 4.69) is 69.1 Å². The molecule has 1 N–H and O–H groups in total. The van der Waals surface area contributed by atoms with E-state index in [9.17, 15) is 9.59 Å². The maximum absolute atomic E-state index is 12.7. The number of hydrogen-bond acceptors (Lipinski definition) is 4. The highest BCUT2D eigenvalue weighted by Gasteiger charge is 2.47. The van der Waals surface area contributed by atoms with Gasteiger partial charge in [0.25, 0.3) is 0 Å². The number of rotatable bonds is 8. The summed E-state index contributed by atoms with van der Waals surface area (Å²) < 4.78 is 2.51. The third-order valence-electron chi connectivity index (χ3n) is 10.1. The van der Waals surface area contributed by atoms with Gasteiger partial charge < -0.3 is 24.5 Å². The molecule has 0 atom stereocenters. The van der Waals surface area contributed by atoms with Crippen molar-refractivity contribution < 1.29 is 9.59 Å². The molecule has 2 saturated heterocycles. The Morgan fingerprint density at radius 1 is 1.02 bits per heavy atom. The average molecular weight is 556 g/mol. The molecule has 0 radical (unpaired) electrons. The van der Waals surface area contributed by atoms with Crippen LogP contribution in [0.5, 0.6) is 0 Å². The second-order valence-corrected chi connectivity index (χ2v) is 12.7. The van der Waals surface area contributed by atoms with Crippen LogP contribution in [-0.4, -0.2) is 68.1 Å². The van der Waals surface area contributed by atoms with E-state index >= 15 is 0 Å². The van der Waals surface area contributed by atoms with E-state index in [0.717, 1.165) is 23.3 Å². The lowest BCUT2D eigenvalue weighted by Crippen LogP contribution is -2.49. The summed E-state index contributed by atoms with van der Waals surface area (Å²) in [6.45, 7) is 8.66. The number of benzene rings is 2. The lowest BCUT2D eigenvalue weighted by Gasteiger charge is -2.53. The summed E-state index contributed by atoms with van der Waals surface area (Å²) >= 11 is 0. The van der Waals surface area contributed by atoms with Crippen molar-refractivity contribution in [2.24, 2.45) is 11.3 Å². The number of carbonyl (C=O) groups is 2. The van der Waals surface area contributed by atoms with Crippen molar-refractivity contribution in [2.45, 2.75) is 57.9 Å². The van der Waals surface area contributed by atoms with Crippen molar-refractivity contribution in [3.05, 3.63) is 60.3 Å². The molecule has 2 aromatic carbocycles. The largest absolute Gasteiger partial charge is 0.372 e. The van der Waals surface area contributed by atoms with Crippen LogP contribution in [0.3, 0.4) is 0 Å². The van der Waals surface area contributed by atoms with Gasteiger partial charge in [-0.15, -0.1) is 0 Å². The molecule has 1 aromatic heterocycles. The molecule has 2 amide bonds. The number of likely N-dealkylation sites (tertiary alicyclic amines) is 1. The summed E-state index contributed by atoms with van der Waals surface area (Å²) in [6, 6.07) is 19.6. The molecule has 218 valence electrons. The second-order valence-electron chi connectivity index (χ2n) is 12.7. The fourth-order valence-corrected chi connectivity index (χ4v) is 7.85. The van der Waals surface area contributed by atoms with Gasteiger partial charge in [-0.2, -0.15) is 0 Å². The number of aryl methyl sites for hydroxylation is 1. The number of anilines is 2. The van der Waals surface area contributed by atoms with Gasteiger partial charge in [-0.3, -0.25) is 4.90 Å². The Hall–Kier alpha value is -3.32. The molecule has 1 saturated carbocycles. The van der Waals surface area contributed by atoms with Crippen LogP contribution in [-0.2, 0) is 4.79 Å². The highest BCUT2D eigenvalue weighted by Crippen LogP contribution is 2.56. The van der Waals surface area contributed by atoms with Gasteiger partial charge >= 0.3 is 6.03 Å². The van der Waals surface area contributed by atoms with Gasteiger partial charge in [-0.05, 0) is 100 Å². The zero-order valence-corrected chi connectivity index (χ0v) is 24.7. The first-order valence-electron chi connectivity index (χ1n) is 15.6. The third-order valence-corrected chi connectivity index (χ3v) is 10.1. The maximum Gasteiger partial charge on any atom is 0.321 e. The number of hydrogen-bond donors (Lipinski definition) is 1. The fourth-order valence-electron chi connectivity index (χ4n) is 7.85. The van der Waals surface area contributed by atoms with Crippen molar-refractivity contribution in [1.29, 1.82) is 0 Å². The molecule has 3 heterocycles. The number of urea groups is 1. The van der Waals surface area contributed by atoms with Crippen LogP contribution in [0.2, 0.25) is 0 Å². The maximum atomic E-state index is 12.7. The molecule has 2 aliphatic heterocycles. The van der Waals surface area contributed by atoms with Gasteiger partial charge in [0.1, 0.15) is 6.29 Å². The predicted molar refractivity (Wildman–Crippen MR) is 167 cm³/mol. The Bertz CT molecular complexity index is 1340. The average Bonchev–Trinajstić information content (AvgIpc) is 3.33. The third kappa shape index (κ3) is 5.61. The highest BCUT2D eigenvalue weighted by atomic mass is 16.2. The summed E-state index contributed by atoms with van der Waals surface area (Å²) in [5, 5.41) is 3.83. The van der Waals surface area contributed by atoms with E-state index in [-0.39, 0.29) is 6.03 Å². The van der Waals surface area contributed by atoms with Crippen LogP contribution in [0.1, 0.15) is 56.7 Å². The van der Waals surface area contributed by atoms with E-state index in [1.807, 2.05) is 12.1 Å². The Balaban J connectivity index is 1.05. The SMILES string of the molecule is CNC(=O)N(CCC=O)c1cccc2c1cc(C)n2C1CC2(CCN(CC3CCN(c4ccccc4)CC3)CC2)C1. The molecule has 41 heavy (non-hydrogen) atoms. The van der Waals surface area contributed by atoms with Crippen molar-refractivity contribution in [1.82, 2.24) is 14.8 Å². The number of fused-ring (bicyclic) bond motifs is 1. The number of aldehydes is 1. The van der Waals surface area contributed by atoms with E-state index < -0.39 is 0 Å². The van der Waals surface area contributed by atoms with Gasteiger partial charge in [-0.25, -0.2) is 4.79 Å². The van der Waals surface area contributed by atoms with Crippen LogP contribution in [0.4, 0.5) is 16.2 Å². The molecule has 7 heteroatoms. The van der Waals surface area contributed by atoms with Crippen molar-refractivity contribution in [3.63, 3.8) is 0 Å². The number of piperidine rings is 2. The zero-order chi connectivity index (χ0) is 28.4. The van der Waals surface area contributed by atoms with Gasteiger partial charge in [-0.1, -0.05) is 24.3 Å². The van der Waals surface area contributed by atoms with Crippen LogP contribution < -0.4 is 15.1 Å². The molecule has 0 bridgehead atoms. The van der Waals surface area contributed by atoms with Crippen molar-refractivity contribution >= 4 is 34.6 Å². The van der Waals surface area contributed by atoms with Crippen LogP contribution in [0, 0.1) is 18.3 Å². The molecular formula is C34H45N5O2. The summed E-state index contributed by atoms with van der Waals surface area (Å²) in [4.78, 5) is 30.7. The van der Waals surface area contributed by atoms with E-state index in [0.29, 0.717) is 24.4 Å². The minimum Gasteiger partial charge on any atom is -0.372 e. The Labute approximate surface area is 244 Å². The van der Waals surface area contributed by atoms with Gasteiger partial charge in [0.05, 0.1) is 11.2 Å². The highest BCUT2D eigenvalue weighted by molar-refractivity contribution is 6.03. The van der Waals surface area contributed by atoms with Crippen LogP contribution >= 0.6 is 0 Å². The monoisotopic (exact) mass is 555 g/mol.